The average Bonchev–Trinajstić information content (AvgIpc) is 2.95. The van der Waals surface area contributed by atoms with Crippen molar-refractivity contribution in [1.29, 1.82) is 0 Å². The van der Waals surface area contributed by atoms with Crippen molar-refractivity contribution in [3.05, 3.63) is 64.7 Å². The van der Waals surface area contributed by atoms with Gasteiger partial charge in [0.15, 0.2) is 0 Å². The second-order valence-corrected chi connectivity index (χ2v) is 6.48. The number of likely N-dealkylation sites (N-methyl/N-ethyl adjacent to an activating group) is 1. The number of amides is 1. The summed E-state index contributed by atoms with van der Waals surface area (Å²) in [5, 5.41) is 3.08. The summed E-state index contributed by atoms with van der Waals surface area (Å²) in [7, 11) is 2.04. The summed E-state index contributed by atoms with van der Waals surface area (Å²) in [6, 6.07) is 15.0. The SMILES string of the molecule is Cc1cccc(C)c1NC(=O)CN(C)[C@@H]1CCc2ccccc21. The predicted molar refractivity (Wildman–Crippen MR) is 94.7 cm³/mol. The van der Waals surface area contributed by atoms with Crippen molar-refractivity contribution in [3.63, 3.8) is 0 Å². The molecule has 0 heterocycles. The summed E-state index contributed by atoms with van der Waals surface area (Å²) in [6.07, 6.45) is 2.19. The van der Waals surface area contributed by atoms with E-state index in [9.17, 15) is 4.79 Å². The molecule has 3 heteroatoms. The first-order valence-electron chi connectivity index (χ1n) is 8.20. The minimum Gasteiger partial charge on any atom is -0.324 e. The zero-order valence-corrected chi connectivity index (χ0v) is 14.1. The first-order valence-corrected chi connectivity index (χ1v) is 8.20. The number of nitrogens with one attached hydrogen (secondary N) is 1. The third-order valence-corrected chi connectivity index (χ3v) is 4.77. The number of hydrogen-bond acceptors (Lipinski definition) is 2. The fraction of sp³-hybridized carbons (Fsp3) is 0.350. The molecule has 0 fully saturated rings. The second-order valence-electron chi connectivity index (χ2n) is 6.48. The number of para-hydroxylation sites is 1. The highest BCUT2D eigenvalue weighted by Crippen LogP contribution is 2.34. The van der Waals surface area contributed by atoms with Crippen molar-refractivity contribution in [2.24, 2.45) is 0 Å². The van der Waals surface area contributed by atoms with E-state index in [-0.39, 0.29) is 5.91 Å². The molecule has 0 aliphatic heterocycles. The Morgan fingerprint density at radius 2 is 1.83 bits per heavy atom. The zero-order valence-electron chi connectivity index (χ0n) is 14.1. The van der Waals surface area contributed by atoms with E-state index in [4.69, 9.17) is 0 Å². The molecule has 1 atom stereocenters. The van der Waals surface area contributed by atoms with Crippen molar-refractivity contribution < 1.29 is 4.79 Å². The Bertz CT molecular complexity index is 703. The van der Waals surface area contributed by atoms with Crippen LogP contribution >= 0.6 is 0 Å². The smallest absolute Gasteiger partial charge is 0.238 e. The van der Waals surface area contributed by atoms with E-state index in [0.29, 0.717) is 12.6 Å². The molecule has 3 rings (SSSR count). The fourth-order valence-corrected chi connectivity index (χ4v) is 3.52. The lowest BCUT2D eigenvalue weighted by atomic mass is 10.1. The van der Waals surface area contributed by atoms with Crippen LogP contribution in [0.3, 0.4) is 0 Å². The minimum atomic E-state index is 0.0503. The molecule has 23 heavy (non-hydrogen) atoms. The molecule has 0 bridgehead atoms. The van der Waals surface area contributed by atoms with Crippen LogP contribution in [0, 0.1) is 13.8 Å². The van der Waals surface area contributed by atoms with E-state index >= 15 is 0 Å². The summed E-state index contributed by atoms with van der Waals surface area (Å²) in [6.45, 7) is 4.46. The number of carbonyl (C=O) groups excluding carboxylic acids is 1. The Hall–Kier alpha value is -2.13. The molecule has 0 saturated heterocycles. The van der Waals surface area contributed by atoms with Gasteiger partial charge < -0.3 is 5.32 Å². The molecule has 1 N–H and O–H groups in total. The second kappa shape index (κ2) is 6.55. The number of aryl methyl sites for hydroxylation is 3. The van der Waals surface area contributed by atoms with Crippen molar-refractivity contribution in [1.82, 2.24) is 4.90 Å². The summed E-state index contributed by atoms with van der Waals surface area (Å²) in [5.41, 5.74) is 5.94. The molecule has 0 radical (unpaired) electrons. The van der Waals surface area contributed by atoms with E-state index < -0.39 is 0 Å². The van der Waals surface area contributed by atoms with Gasteiger partial charge in [0.1, 0.15) is 0 Å². The van der Waals surface area contributed by atoms with Gasteiger partial charge in [-0.2, -0.15) is 0 Å². The van der Waals surface area contributed by atoms with Gasteiger partial charge in [-0.05, 0) is 56.0 Å². The summed E-state index contributed by atoms with van der Waals surface area (Å²) < 4.78 is 0. The summed E-state index contributed by atoms with van der Waals surface area (Å²) in [4.78, 5) is 14.6. The first-order chi connectivity index (χ1) is 11.1. The Morgan fingerprint density at radius 3 is 2.57 bits per heavy atom. The molecular formula is C20H24N2O. The summed E-state index contributed by atoms with van der Waals surface area (Å²) >= 11 is 0. The van der Waals surface area contributed by atoms with Gasteiger partial charge in [-0.15, -0.1) is 0 Å². The Balaban J connectivity index is 1.67. The van der Waals surface area contributed by atoms with Crippen LogP contribution in [0.15, 0.2) is 42.5 Å². The van der Waals surface area contributed by atoms with E-state index in [0.717, 1.165) is 29.7 Å². The topological polar surface area (TPSA) is 32.3 Å². The Labute approximate surface area is 138 Å². The number of fused-ring (bicyclic) bond motifs is 1. The van der Waals surface area contributed by atoms with Crippen LogP contribution in [-0.4, -0.2) is 24.4 Å². The third kappa shape index (κ3) is 3.30. The summed E-state index contributed by atoms with van der Waals surface area (Å²) in [5.74, 6) is 0.0503. The average molecular weight is 308 g/mol. The van der Waals surface area contributed by atoms with Crippen molar-refractivity contribution in [3.8, 4) is 0 Å². The van der Waals surface area contributed by atoms with Crippen LogP contribution < -0.4 is 5.32 Å². The lowest BCUT2D eigenvalue weighted by Crippen LogP contribution is -2.32. The van der Waals surface area contributed by atoms with Crippen LogP contribution in [0.2, 0.25) is 0 Å². The largest absolute Gasteiger partial charge is 0.324 e. The van der Waals surface area contributed by atoms with Crippen LogP contribution in [-0.2, 0) is 11.2 Å². The number of benzene rings is 2. The van der Waals surface area contributed by atoms with Crippen molar-refractivity contribution in [2.45, 2.75) is 32.7 Å². The highest BCUT2D eigenvalue weighted by molar-refractivity contribution is 5.93. The molecule has 0 aromatic heterocycles. The molecule has 3 nitrogen and oxygen atoms in total. The predicted octanol–water partition coefficient (Wildman–Crippen LogP) is 3.86. The van der Waals surface area contributed by atoms with Gasteiger partial charge in [-0.3, -0.25) is 9.69 Å². The third-order valence-electron chi connectivity index (χ3n) is 4.77. The fourth-order valence-electron chi connectivity index (χ4n) is 3.52. The van der Waals surface area contributed by atoms with Crippen LogP contribution in [0.1, 0.15) is 34.7 Å². The number of rotatable bonds is 4. The highest BCUT2D eigenvalue weighted by atomic mass is 16.2. The van der Waals surface area contributed by atoms with Gasteiger partial charge in [0.25, 0.3) is 0 Å². The maximum Gasteiger partial charge on any atom is 0.238 e. The number of nitrogens with zero attached hydrogens (tertiary/aromatic N) is 1. The van der Waals surface area contributed by atoms with Crippen LogP contribution in [0.5, 0.6) is 0 Å². The minimum absolute atomic E-state index is 0.0503. The normalized spacial score (nSPS) is 16.4. The molecule has 1 aliphatic carbocycles. The van der Waals surface area contributed by atoms with Crippen LogP contribution in [0.4, 0.5) is 5.69 Å². The van der Waals surface area contributed by atoms with E-state index in [1.165, 1.54) is 11.1 Å². The number of anilines is 1. The van der Waals surface area contributed by atoms with Crippen LogP contribution in [0.25, 0.3) is 0 Å². The van der Waals surface area contributed by atoms with E-state index in [2.05, 4.69) is 34.5 Å². The zero-order chi connectivity index (χ0) is 16.4. The molecule has 1 amide bonds. The number of hydrogen-bond donors (Lipinski definition) is 1. The molecule has 0 spiro atoms. The molecule has 0 unspecified atom stereocenters. The monoisotopic (exact) mass is 308 g/mol. The highest BCUT2D eigenvalue weighted by Gasteiger charge is 2.26. The molecular weight excluding hydrogens is 284 g/mol. The van der Waals surface area contributed by atoms with Gasteiger partial charge in [-0.1, -0.05) is 42.5 Å². The molecule has 2 aromatic rings. The lowest BCUT2D eigenvalue weighted by molar-refractivity contribution is -0.117. The molecule has 0 saturated carbocycles. The number of carbonyl (C=O) groups is 1. The molecule has 1 aliphatic rings. The van der Waals surface area contributed by atoms with Gasteiger partial charge in [-0.25, -0.2) is 0 Å². The van der Waals surface area contributed by atoms with Gasteiger partial charge in [0.05, 0.1) is 6.54 Å². The van der Waals surface area contributed by atoms with Gasteiger partial charge in [0, 0.05) is 11.7 Å². The molecule has 120 valence electrons. The van der Waals surface area contributed by atoms with E-state index in [1.807, 2.05) is 39.1 Å². The molecule has 2 aromatic carbocycles. The van der Waals surface area contributed by atoms with Crippen molar-refractivity contribution in [2.75, 3.05) is 18.9 Å². The lowest BCUT2D eigenvalue weighted by Gasteiger charge is -2.25. The Kier molecular flexibility index (Phi) is 4.49. The standard InChI is InChI=1S/C20H24N2O/c1-14-7-6-8-15(2)20(14)21-19(23)13-22(3)18-12-11-16-9-4-5-10-17(16)18/h4-10,18H,11-13H2,1-3H3,(H,21,23)/t18-/m1/s1. The Morgan fingerprint density at radius 1 is 1.13 bits per heavy atom. The van der Waals surface area contributed by atoms with E-state index in [1.54, 1.807) is 0 Å². The maximum atomic E-state index is 12.4. The van der Waals surface area contributed by atoms with Gasteiger partial charge in [0.2, 0.25) is 5.91 Å². The first kappa shape index (κ1) is 15.8. The maximum absolute atomic E-state index is 12.4. The quantitative estimate of drug-likeness (QED) is 0.930. The van der Waals surface area contributed by atoms with Gasteiger partial charge >= 0.3 is 0 Å². The van der Waals surface area contributed by atoms with Crippen molar-refractivity contribution >= 4 is 11.6 Å².